The third-order valence-corrected chi connectivity index (χ3v) is 12.7. The van der Waals surface area contributed by atoms with E-state index in [-0.39, 0.29) is 29.5 Å². The zero-order valence-electron chi connectivity index (χ0n) is 30.3. The summed E-state index contributed by atoms with van der Waals surface area (Å²) in [5.74, 6) is 1.97. The molecule has 0 bridgehead atoms. The molecule has 9 rings (SSSR count). The van der Waals surface area contributed by atoms with Gasteiger partial charge in [-0.3, -0.25) is 19.9 Å². The molecule has 4 heterocycles. The van der Waals surface area contributed by atoms with Gasteiger partial charge in [-0.15, -0.1) is 0 Å². The molecule has 2 atom stereocenters. The zero-order chi connectivity index (χ0) is 35.9. The monoisotopic (exact) mass is 711 g/mol. The van der Waals surface area contributed by atoms with Crippen molar-refractivity contribution in [1.29, 1.82) is 0 Å². The zero-order valence-corrected chi connectivity index (χ0v) is 30.3. The summed E-state index contributed by atoms with van der Waals surface area (Å²) in [5.41, 5.74) is 7.53. The van der Waals surface area contributed by atoms with Gasteiger partial charge in [-0.1, -0.05) is 48.5 Å². The van der Waals surface area contributed by atoms with Crippen LogP contribution in [0.25, 0.3) is 0 Å². The maximum atomic E-state index is 12.2. The predicted octanol–water partition coefficient (Wildman–Crippen LogP) is 6.97. The molecule has 4 fully saturated rings. The van der Waals surface area contributed by atoms with Gasteiger partial charge in [-0.05, 0) is 90.6 Å². The Bertz CT molecular complexity index is 1930. The number of fused-ring (bicyclic) bond motifs is 1. The Morgan fingerprint density at radius 1 is 0.717 bits per heavy atom. The van der Waals surface area contributed by atoms with Gasteiger partial charge in [0.05, 0.1) is 6.61 Å². The Morgan fingerprint density at radius 2 is 1.38 bits per heavy atom. The fraction of sp³-hybridized carbons (Fsp3) is 0.409. The highest BCUT2D eigenvalue weighted by atomic mass is 16.5. The van der Waals surface area contributed by atoms with Crippen LogP contribution >= 0.6 is 0 Å². The van der Waals surface area contributed by atoms with Crippen molar-refractivity contribution in [3.8, 4) is 11.5 Å². The van der Waals surface area contributed by atoms with Crippen molar-refractivity contribution in [2.45, 2.75) is 43.9 Å². The Labute approximate surface area is 312 Å². The van der Waals surface area contributed by atoms with Crippen LogP contribution in [0.5, 0.6) is 11.5 Å². The van der Waals surface area contributed by atoms with Gasteiger partial charge >= 0.3 is 6.03 Å². The molecule has 1 aliphatic carbocycles. The van der Waals surface area contributed by atoms with Gasteiger partial charge in [0.2, 0.25) is 5.91 Å². The first-order chi connectivity index (χ1) is 25.9. The lowest BCUT2D eigenvalue weighted by molar-refractivity contribution is -0.120. The third-order valence-electron chi connectivity index (χ3n) is 12.7. The largest absolute Gasteiger partial charge is 0.508 e. The molecule has 274 valence electrons. The lowest BCUT2D eigenvalue weighted by atomic mass is 9.57. The number of benzene rings is 4. The van der Waals surface area contributed by atoms with Gasteiger partial charge < -0.3 is 19.6 Å². The van der Waals surface area contributed by atoms with E-state index >= 15 is 0 Å². The van der Waals surface area contributed by atoms with Crippen molar-refractivity contribution >= 4 is 29.0 Å². The minimum Gasteiger partial charge on any atom is -0.508 e. The number of amides is 3. The first-order valence-corrected chi connectivity index (χ1v) is 19.4. The van der Waals surface area contributed by atoms with Gasteiger partial charge in [0.25, 0.3) is 0 Å². The highest BCUT2D eigenvalue weighted by Crippen LogP contribution is 2.53. The van der Waals surface area contributed by atoms with Crippen molar-refractivity contribution in [1.82, 2.24) is 10.2 Å². The maximum Gasteiger partial charge on any atom is 0.328 e. The second-order valence-electron chi connectivity index (χ2n) is 15.9. The minimum atomic E-state index is -0.333. The van der Waals surface area contributed by atoms with Crippen molar-refractivity contribution in [3.63, 3.8) is 0 Å². The molecule has 4 aliphatic heterocycles. The number of hydrogen-bond acceptors (Lipinski definition) is 7. The van der Waals surface area contributed by atoms with Crippen LogP contribution < -0.4 is 24.8 Å². The van der Waals surface area contributed by atoms with Crippen LogP contribution in [0, 0.1) is 11.3 Å². The number of nitrogens with one attached hydrogen (secondary N) is 1. The number of hydrogen-bond donors (Lipinski definition) is 2. The average molecular weight is 712 g/mol. The summed E-state index contributed by atoms with van der Waals surface area (Å²) in [5, 5.41) is 12.5. The normalized spacial score (nSPS) is 23.3. The van der Waals surface area contributed by atoms with Gasteiger partial charge in [0.15, 0.2) is 0 Å². The van der Waals surface area contributed by atoms with E-state index < -0.39 is 0 Å². The van der Waals surface area contributed by atoms with E-state index in [1.54, 1.807) is 17.0 Å². The number of urea groups is 1. The SMILES string of the molecule is O=C1CCN(c2ccc(N3CCC4(CC3)CC(CN3CCN(c5ccc([C@H]6c7ccc(O)cc7OC[C@H]6c6ccccc6)cc5)CC3)C4)cc2)C(=O)N1. The predicted molar refractivity (Wildman–Crippen MR) is 208 cm³/mol. The van der Waals surface area contributed by atoms with Crippen molar-refractivity contribution in [3.05, 3.63) is 114 Å². The fourth-order valence-electron chi connectivity index (χ4n) is 9.84. The topological polar surface area (TPSA) is 88.6 Å². The Morgan fingerprint density at radius 3 is 2.08 bits per heavy atom. The molecule has 0 radical (unpaired) electrons. The fourth-order valence-corrected chi connectivity index (χ4v) is 9.84. The van der Waals surface area contributed by atoms with E-state index in [4.69, 9.17) is 4.74 Å². The number of piperazine rings is 1. The number of rotatable bonds is 7. The van der Waals surface area contributed by atoms with Gasteiger partial charge in [0.1, 0.15) is 11.5 Å². The molecule has 1 saturated carbocycles. The number of ether oxygens (including phenoxy) is 1. The summed E-state index contributed by atoms with van der Waals surface area (Å²) in [6.45, 7) is 8.72. The van der Waals surface area contributed by atoms with Crippen LogP contribution in [0.3, 0.4) is 0 Å². The number of phenols is 1. The van der Waals surface area contributed by atoms with E-state index in [2.05, 4.69) is 86.7 Å². The summed E-state index contributed by atoms with van der Waals surface area (Å²) in [6, 6.07) is 33.3. The molecule has 3 saturated heterocycles. The summed E-state index contributed by atoms with van der Waals surface area (Å²) in [7, 11) is 0. The number of anilines is 3. The van der Waals surface area contributed by atoms with E-state index in [0.29, 0.717) is 25.0 Å². The van der Waals surface area contributed by atoms with Gasteiger partial charge in [-0.2, -0.15) is 0 Å². The quantitative estimate of drug-likeness (QED) is 0.214. The molecule has 4 aromatic carbocycles. The van der Waals surface area contributed by atoms with Crippen LogP contribution in [-0.4, -0.2) is 80.9 Å². The Hall–Kier alpha value is -5.02. The number of piperidine rings is 1. The van der Waals surface area contributed by atoms with Crippen LogP contribution in [0.1, 0.15) is 60.6 Å². The molecule has 53 heavy (non-hydrogen) atoms. The number of nitrogens with zero attached hydrogens (tertiary/aromatic N) is 4. The van der Waals surface area contributed by atoms with Crippen LogP contribution in [0.4, 0.5) is 21.9 Å². The second kappa shape index (κ2) is 14.1. The highest BCUT2D eigenvalue weighted by Gasteiger charge is 2.46. The van der Waals surface area contributed by atoms with E-state index in [9.17, 15) is 14.7 Å². The summed E-state index contributed by atoms with van der Waals surface area (Å²) in [4.78, 5) is 33.1. The average Bonchev–Trinajstić information content (AvgIpc) is 3.18. The maximum absolute atomic E-state index is 12.2. The standard InChI is InChI=1S/C44H49N5O4/c50-37-14-15-38-40(26-37)53-30-39(32-4-2-1-3-5-32)42(38)33-6-8-34(9-7-33)48-24-22-46(23-25-48)29-31-27-44(28-31)17-20-47(21-18-44)35-10-12-36(13-11-35)49-19-16-41(51)45-43(49)52/h1-15,26,31,39,42,50H,16-25,27-30H2,(H,45,51,52)/t39-,42-/m0/s1. The first kappa shape index (κ1) is 33.8. The van der Waals surface area contributed by atoms with Crippen molar-refractivity contribution in [2.24, 2.45) is 11.3 Å². The molecular weight excluding hydrogens is 663 g/mol. The van der Waals surface area contributed by atoms with E-state index in [1.165, 1.54) is 54.7 Å². The molecule has 0 aromatic heterocycles. The number of phenolic OH excluding ortho intramolecular Hbond substituents is 1. The number of carbonyl (C=O) groups is 2. The molecule has 4 aromatic rings. The Kier molecular flexibility index (Phi) is 8.98. The molecular formula is C44H49N5O4. The lowest BCUT2D eigenvalue weighted by Crippen LogP contribution is -2.52. The molecule has 9 heteroatoms. The molecule has 0 unspecified atom stereocenters. The first-order valence-electron chi connectivity index (χ1n) is 19.4. The summed E-state index contributed by atoms with van der Waals surface area (Å²) >= 11 is 0. The molecule has 3 amide bonds. The lowest BCUT2D eigenvalue weighted by Gasteiger charge is -2.54. The van der Waals surface area contributed by atoms with E-state index in [0.717, 1.165) is 62.2 Å². The van der Waals surface area contributed by atoms with Crippen molar-refractivity contribution < 1.29 is 19.4 Å². The Balaban J connectivity index is 0.755. The molecule has 9 nitrogen and oxygen atoms in total. The summed E-state index contributed by atoms with van der Waals surface area (Å²) in [6.07, 6.45) is 5.54. The van der Waals surface area contributed by atoms with Crippen LogP contribution in [0.2, 0.25) is 0 Å². The van der Waals surface area contributed by atoms with Gasteiger partial charge in [0, 0.05) is 99.3 Å². The minimum absolute atomic E-state index is 0.155. The molecule has 5 aliphatic rings. The van der Waals surface area contributed by atoms with Crippen LogP contribution in [-0.2, 0) is 4.79 Å². The second-order valence-corrected chi connectivity index (χ2v) is 15.9. The third kappa shape index (κ3) is 6.83. The molecule has 2 N–H and O–H groups in total. The number of aromatic hydroxyl groups is 1. The summed E-state index contributed by atoms with van der Waals surface area (Å²) < 4.78 is 6.18. The smallest absolute Gasteiger partial charge is 0.328 e. The number of carbonyl (C=O) groups excluding carboxylic acids is 2. The highest BCUT2D eigenvalue weighted by molar-refractivity contribution is 6.05. The van der Waals surface area contributed by atoms with E-state index in [1.807, 2.05) is 18.2 Å². The molecule has 1 spiro atoms. The van der Waals surface area contributed by atoms with Gasteiger partial charge in [-0.25, -0.2) is 4.79 Å². The number of imide groups is 1. The van der Waals surface area contributed by atoms with Crippen LogP contribution in [0.15, 0.2) is 97.1 Å². The van der Waals surface area contributed by atoms with Crippen molar-refractivity contribution in [2.75, 3.05) is 73.7 Å².